The van der Waals surface area contributed by atoms with Crippen LogP contribution in [0, 0.1) is 0 Å². The molecule has 0 radical (unpaired) electrons. The monoisotopic (exact) mass is 382 g/mol. The Balaban J connectivity index is 2.04. The van der Waals surface area contributed by atoms with Crippen molar-refractivity contribution in [3.63, 3.8) is 0 Å². The van der Waals surface area contributed by atoms with Gasteiger partial charge >= 0.3 is 5.97 Å². The van der Waals surface area contributed by atoms with Crippen molar-refractivity contribution < 1.29 is 9.53 Å². The number of carbonyl (C=O) groups excluding carboxylic acids is 1. The van der Waals surface area contributed by atoms with Gasteiger partial charge in [-0.05, 0) is 35.9 Å². The Hall–Kier alpha value is -1.75. The van der Waals surface area contributed by atoms with Gasteiger partial charge in [-0.15, -0.1) is 0 Å². The number of ether oxygens (including phenoxy) is 1. The Labute approximate surface area is 154 Å². The maximum absolute atomic E-state index is 11.9. The predicted molar refractivity (Wildman–Crippen MR) is 97.2 cm³/mol. The molecular weight excluding hydrogens is 371 g/mol. The highest BCUT2D eigenvalue weighted by molar-refractivity contribution is 6.38. The minimum absolute atomic E-state index is 0.185. The Kier molecular flexibility index (Phi) is 4.99. The number of carbonyl (C=O) groups is 1. The second-order valence-corrected chi connectivity index (χ2v) is 6.53. The van der Waals surface area contributed by atoms with E-state index in [1.165, 1.54) is 7.11 Å². The lowest BCUT2D eigenvalue weighted by Crippen LogP contribution is -2.19. The molecule has 0 spiro atoms. The van der Waals surface area contributed by atoms with E-state index < -0.39 is 5.97 Å². The molecule has 1 unspecified atom stereocenters. The number of esters is 1. The fraction of sp³-hybridized carbons (Fsp3) is 0.176. The fourth-order valence-corrected chi connectivity index (χ4v) is 3.21. The van der Waals surface area contributed by atoms with Crippen LogP contribution in [0.3, 0.4) is 0 Å². The third-order valence-corrected chi connectivity index (χ3v) is 4.53. The third-order valence-electron chi connectivity index (χ3n) is 3.74. The molecule has 1 atom stereocenters. The number of anilines is 1. The van der Waals surface area contributed by atoms with Gasteiger partial charge in [0.25, 0.3) is 0 Å². The maximum atomic E-state index is 11.9. The minimum atomic E-state index is -0.457. The summed E-state index contributed by atoms with van der Waals surface area (Å²) >= 11 is 18.2. The summed E-state index contributed by atoms with van der Waals surface area (Å²) in [4.78, 5) is 11.9. The largest absolute Gasteiger partial charge is 0.464 e. The Bertz CT molecular complexity index is 806. The van der Waals surface area contributed by atoms with E-state index in [0.29, 0.717) is 32.9 Å². The average molecular weight is 384 g/mol. The van der Waals surface area contributed by atoms with Crippen molar-refractivity contribution in [1.82, 2.24) is 0 Å². The molecule has 7 heteroatoms. The summed E-state index contributed by atoms with van der Waals surface area (Å²) in [6.07, 6.45) is 0.410. The van der Waals surface area contributed by atoms with E-state index in [4.69, 9.17) is 39.5 Å². The van der Waals surface area contributed by atoms with Gasteiger partial charge in [-0.1, -0.05) is 46.9 Å². The molecule has 1 heterocycles. The number of halogens is 3. The lowest BCUT2D eigenvalue weighted by atomic mass is 10.0. The molecule has 1 aliphatic rings. The average Bonchev–Trinajstić information content (AvgIpc) is 3.00. The first-order valence-corrected chi connectivity index (χ1v) is 8.28. The number of benzene rings is 2. The van der Waals surface area contributed by atoms with Crippen LogP contribution < -0.4 is 5.01 Å². The molecule has 4 nitrogen and oxygen atoms in total. The molecular formula is C17H13Cl3N2O2. The number of rotatable bonds is 3. The summed E-state index contributed by atoms with van der Waals surface area (Å²) in [7, 11) is 1.33. The summed E-state index contributed by atoms with van der Waals surface area (Å²) in [5.74, 6) is -0.457. The SMILES string of the molecule is COC(=O)C1=NN(c2ccc(Cl)cc2Cl)C(c2ccc(Cl)cc2)C1. The molecule has 0 aliphatic carbocycles. The van der Waals surface area contributed by atoms with Gasteiger partial charge in [0.2, 0.25) is 0 Å². The normalized spacial score (nSPS) is 16.9. The Morgan fingerprint density at radius 2 is 1.79 bits per heavy atom. The van der Waals surface area contributed by atoms with E-state index in [2.05, 4.69) is 5.10 Å². The third kappa shape index (κ3) is 3.36. The van der Waals surface area contributed by atoms with E-state index >= 15 is 0 Å². The van der Waals surface area contributed by atoms with Gasteiger partial charge in [-0.3, -0.25) is 5.01 Å². The number of methoxy groups -OCH3 is 1. The highest BCUT2D eigenvalue weighted by atomic mass is 35.5. The quantitative estimate of drug-likeness (QED) is 0.690. The van der Waals surface area contributed by atoms with Crippen molar-refractivity contribution in [3.05, 3.63) is 63.1 Å². The van der Waals surface area contributed by atoms with E-state index in [1.54, 1.807) is 35.3 Å². The molecule has 24 heavy (non-hydrogen) atoms. The van der Waals surface area contributed by atoms with Gasteiger partial charge < -0.3 is 4.74 Å². The molecule has 0 bridgehead atoms. The summed E-state index contributed by atoms with van der Waals surface area (Å²) in [5.41, 5.74) is 1.97. The molecule has 0 saturated carbocycles. The summed E-state index contributed by atoms with van der Waals surface area (Å²) in [6.45, 7) is 0. The fourth-order valence-electron chi connectivity index (χ4n) is 2.58. The van der Waals surface area contributed by atoms with Crippen LogP contribution in [-0.4, -0.2) is 18.8 Å². The van der Waals surface area contributed by atoms with E-state index in [9.17, 15) is 4.79 Å². The smallest absolute Gasteiger partial charge is 0.354 e. The van der Waals surface area contributed by atoms with E-state index in [1.807, 2.05) is 12.1 Å². The molecule has 0 fully saturated rings. The van der Waals surface area contributed by atoms with Crippen molar-refractivity contribution in [1.29, 1.82) is 0 Å². The Morgan fingerprint density at radius 3 is 2.42 bits per heavy atom. The molecule has 2 aromatic rings. The summed E-state index contributed by atoms with van der Waals surface area (Å²) < 4.78 is 4.80. The summed E-state index contributed by atoms with van der Waals surface area (Å²) in [6, 6.07) is 12.4. The van der Waals surface area contributed by atoms with Crippen LogP contribution in [0.15, 0.2) is 47.6 Å². The van der Waals surface area contributed by atoms with Gasteiger partial charge in [0, 0.05) is 16.5 Å². The van der Waals surface area contributed by atoms with Crippen molar-refractivity contribution in [2.24, 2.45) is 5.10 Å². The highest BCUT2D eigenvalue weighted by Crippen LogP contribution is 2.39. The zero-order valence-electron chi connectivity index (χ0n) is 12.7. The van der Waals surface area contributed by atoms with Gasteiger partial charge in [0.15, 0.2) is 0 Å². The van der Waals surface area contributed by atoms with Gasteiger partial charge in [0.05, 0.1) is 23.9 Å². The van der Waals surface area contributed by atoms with Crippen molar-refractivity contribution >= 4 is 52.2 Å². The van der Waals surface area contributed by atoms with Crippen LogP contribution in [0.2, 0.25) is 15.1 Å². The number of nitrogens with zero attached hydrogens (tertiary/aromatic N) is 2. The predicted octanol–water partition coefficient (Wildman–Crippen LogP) is 5.13. The van der Waals surface area contributed by atoms with Gasteiger partial charge in [-0.2, -0.15) is 5.10 Å². The number of hydrogen-bond acceptors (Lipinski definition) is 4. The number of hydrogen-bond donors (Lipinski definition) is 0. The first kappa shape index (κ1) is 17.1. The van der Waals surface area contributed by atoms with Crippen LogP contribution in [0.4, 0.5) is 5.69 Å². The first-order chi connectivity index (χ1) is 11.5. The van der Waals surface area contributed by atoms with Crippen molar-refractivity contribution in [2.45, 2.75) is 12.5 Å². The molecule has 0 amide bonds. The van der Waals surface area contributed by atoms with E-state index in [-0.39, 0.29) is 6.04 Å². The lowest BCUT2D eigenvalue weighted by molar-refractivity contribution is -0.132. The topological polar surface area (TPSA) is 41.9 Å². The van der Waals surface area contributed by atoms with Crippen LogP contribution in [0.5, 0.6) is 0 Å². The highest BCUT2D eigenvalue weighted by Gasteiger charge is 2.33. The molecule has 0 saturated heterocycles. The van der Waals surface area contributed by atoms with Crippen LogP contribution in [0.25, 0.3) is 0 Å². The first-order valence-electron chi connectivity index (χ1n) is 7.15. The Morgan fingerprint density at radius 1 is 1.12 bits per heavy atom. The molecule has 124 valence electrons. The molecule has 0 aromatic heterocycles. The van der Waals surface area contributed by atoms with E-state index in [0.717, 1.165) is 5.56 Å². The van der Waals surface area contributed by atoms with Gasteiger partial charge in [0.1, 0.15) is 5.71 Å². The standard InChI is InChI=1S/C17H13Cl3N2O2/c1-24-17(23)14-9-16(10-2-4-11(18)5-3-10)22(21-14)15-7-6-12(19)8-13(15)20/h2-8,16H,9H2,1H3. The van der Waals surface area contributed by atoms with Crippen molar-refractivity contribution in [2.75, 3.05) is 12.1 Å². The zero-order chi connectivity index (χ0) is 17.3. The minimum Gasteiger partial charge on any atom is -0.464 e. The van der Waals surface area contributed by atoms with Crippen LogP contribution in [-0.2, 0) is 9.53 Å². The summed E-state index contributed by atoms with van der Waals surface area (Å²) in [5, 5.41) is 7.76. The molecule has 1 aliphatic heterocycles. The van der Waals surface area contributed by atoms with Crippen LogP contribution in [0.1, 0.15) is 18.0 Å². The zero-order valence-corrected chi connectivity index (χ0v) is 14.9. The second kappa shape index (κ2) is 7.01. The van der Waals surface area contributed by atoms with Gasteiger partial charge in [-0.25, -0.2) is 4.79 Å². The maximum Gasteiger partial charge on any atom is 0.354 e. The lowest BCUT2D eigenvalue weighted by Gasteiger charge is -2.25. The molecule has 0 N–H and O–H groups in total. The van der Waals surface area contributed by atoms with Crippen molar-refractivity contribution in [3.8, 4) is 0 Å². The number of hydrazone groups is 1. The van der Waals surface area contributed by atoms with Crippen LogP contribution >= 0.6 is 34.8 Å². The second-order valence-electron chi connectivity index (χ2n) is 5.25. The molecule has 2 aromatic carbocycles. The molecule has 3 rings (SSSR count).